The minimum atomic E-state index is -0.517. The molecule has 0 aliphatic heterocycles. The molecule has 0 saturated carbocycles. The highest BCUT2D eigenvalue weighted by molar-refractivity contribution is 5.83. The lowest BCUT2D eigenvalue weighted by Gasteiger charge is -2.00. The number of nitrogens with two attached hydrogens (primary N) is 1. The Labute approximate surface area is 117 Å². The van der Waals surface area contributed by atoms with E-state index in [4.69, 9.17) is 5.73 Å². The molecule has 0 unspecified atom stereocenters. The van der Waals surface area contributed by atoms with Crippen molar-refractivity contribution in [3.63, 3.8) is 0 Å². The predicted octanol–water partition coefficient (Wildman–Crippen LogP) is -0.686. The number of aromatic nitrogens is 4. The molecule has 0 radical (unpaired) electrons. The summed E-state index contributed by atoms with van der Waals surface area (Å²) in [4.78, 5) is 21.6. The van der Waals surface area contributed by atoms with E-state index < -0.39 is 10.8 Å². The van der Waals surface area contributed by atoms with Gasteiger partial charge in [0.15, 0.2) is 0 Å². The van der Waals surface area contributed by atoms with Gasteiger partial charge in [-0.3, -0.25) is 14.9 Å². The number of hydrogen-bond donors (Lipinski definition) is 2. The first-order valence-corrected chi connectivity index (χ1v) is 5.64. The number of tetrazole rings is 1. The summed E-state index contributed by atoms with van der Waals surface area (Å²) < 4.78 is 1.10. The zero-order valence-corrected chi connectivity index (χ0v) is 10.6. The molecule has 1 aromatic carbocycles. The average Bonchev–Trinajstić information content (AvgIpc) is 2.84. The zero-order valence-electron chi connectivity index (χ0n) is 10.6. The van der Waals surface area contributed by atoms with Crippen molar-refractivity contribution in [1.29, 1.82) is 0 Å². The van der Waals surface area contributed by atoms with E-state index in [9.17, 15) is 14.9 Å². The molecular weight excluding hydrogens is 280 g/mol. The van der Waals surface area contributed by atoms with Gasteiger partial charge in [-0.15, -0.1) is 0 Å². The van der Waals surface area contributed by atoms with Gasteiger partial charge in [0.1, 0.15) is 6.54 Å². The number of hydrogen-bond acceptors (Lipinski definition) is 8. The summed E-state index contributed by atoms with van der Waals surface area (Å²) in [5.41, 5.74) is 8.05. The molecule has 0 atom stereocenters. The number of nitrogens with one attached hydrogen (secondary N) is 1. The quantitative estimate of drug-likeness (QED) is 0.419. The van der Waals surface area contributed by atoms with E-state index in [-0.39, 0.29) is 18.2 Å². The molecule has 2 aromatic rings. The first-order valence-electron chi connectivity index (χ1n) is 5.64. The van der Waals surface area contributed by atoms with Gasteiger partial charge in [0.25, 0.3) is 11.6 Å². The van der Waals surface area contributed by atoms with Crippen LogP contribution < -0.4 is 11.2 Å². The zero-order chi connectivity index (χ0) is 15.2. The highest BCUT2D eigenvalue weighted by atomic mass is 16.6. The average molecular weight is 290 g/mol. The second-order valence-electron chi connectivity index (χ2n) is 3.84. The van der Waals surface area contributed by atoms with Crippen molar-refractivity contribution in [2.75, 3.05) is 5.73 Å². The van der Waals surface area contributed by atoms with Crippen LogP contribution in [0, 0.1) is 10.1 Å². The van der Waals surface area contributed by atoms with Crippen molar-refractivity contribution in [1.82, 2.24) is 25.6 Å². The highest BCUT2D eigenvalue weighted by Crippen LogP contribution is 2.11. The summed E-state index contributed by atoms with van der Waals surface area (Å²) in [6.45, 7) is -0.189. The van der Waals surface area contributed by atoms with E-state index in [1.807, 2.05) is 0 Å². The summed E-state index contributed by atoms with van der Waals surface area (Å²) in [7, 11) is 0. The van der Waals surface area contributed by atoms with Gasteiger partial charge in [-0.05, 0) is 10.4 Å². The fourth-order valence-electron chi connectivity index (χ4n) is 1.39. The van der Waals surface area contributed by atoms with Crippen molar-refractivity contribution in [3.8, 4) is 0 Å². The number of nitrogens with zero attached hydrogens (tertiary/aromatic N) is 6. The largest absolute Gasteiger partial charge is 0.367 e. The number of nitro benzene ring substituents is 1. The summed E-state index contributed by atoms with van der Waals surface area (Å²) in [6.07, 6.45) is 1.29. The molecule has 1 heterocycles. The molecule has 0 aliphatic carbocycles. The van der Waals surface area contributed by atoms with Gasteiger partial charge in [0.05, 0.1) is 11.1 Å². The van der Waals surface area contributed by atoms with Crippen LogP contribution in [0.4, 0.5) is 11.6 Å². The molecular formula is C10H10N8O3. The highest BCUT2D eigenvalue weighted by Gasteiger charge is 2.07. The van der Waals surface area contributed by atoms with Gasteiger partial charge < -0.3 is 5.73 Å². The first-order chi connectivity index (χ1) is 10.1. The van der Waals surface area contributed by atoms with Crippen molar-refractivity contribution < 1.29 is 9.72 Å². The van der Waals surface area contributed by atoms with Crippen LogP contribution in [0.5, 0.6) is 0 Å². The van der Waals surface area contributed by atoms with Crippen molar-refractivity contribution in [2.24, 2.45) is 5.10 Å². The molecule has 1 aromatic heterocycles. The van der Waals surface area contributed by atoms with E-state index in [0.717, 1.165) is 4.68 Å². The van der Waals surface area contributed by atoms with Gasteiger partial charge in [-0.25, -0.2) is 10.1 Å². The number of nitrogen functional groups attached to an aromatic ring is 1. The Morgan fingerprint density at radius 2 is 2.38 bits per heavy atom. The molecule has 1 amide bonds. The van der Waals surface area contributed by atoms with Crippen LogP contribution >= 0.6 is 0 Å². The van der Waals surface area contributed by atoms with E-state index in [2.05, 4.69) is 26.1 Å². The van der Waals surface area contributed by atoms with Gasteiger partial charge in [-0.1, -0.05) is 17.2 Å². The Kier molecular flexibility index (Phi) is 4.14. The number of carbonyl (C=O) groups excluding carboxylic acids is 1. The maximum Gasteiger partial charge on any atom is 0.270 e. The van der Waals surface area contributed by atoms with E-state index in [1.165, 1.54) is 24.4 Å². The third-order valence-corrected chi connectivity index (χ3v) is 2.34. The van der Waals surface area contributed by atoms with Crippen LogP contribution in [0.25, 0.3) is 0 Å². The Morgan fingerprint density at radius 1 is 1.57 bits per heavy atom. The third-order valence-electron chi connectivity index (χ3n) is 2.34. The minimum Gasteiger partial charge on any atom is -0.367 e. The molecule has 0 bridgehead atoms. The van der Waals surface area contributed by atoms with E-state index >= 15 is 0 Å². The minimum absolute atomic E-state index is 0.00723. The summed E-state index contributed by atoms with van der Waals surface area (Å²) in [5, 5.41) is 24.5. The SMILES string of the molecule is Nc1nnnn1CC(=O)NN=Cc1cccc([N+](=O)[O-])c1. The molecule has 0 fully saturated rings. The number of amides is 1. The standard InChI is InChI=1S/C10H10N8O3/c11-10-14-15-16-17(10)6-9(19)13-12-5-7-2-1-3-8(4-7)18(20)21/h1-5H,6H2,(H,13,19)(H2,11,14,16). The normalized spacial score (nSPS) is 10.7. The lowest BCUT2D eigenvalue weighted by atomic mass is 10.2. The van der Waals surface area contributed by atoms with Gasteiger partial charge in [-0.2, -0.15) is 5.10 Å². The fraction of sp³-hybridized carbons (Fsp3) is 0.100. The van der Waals surface area contributed by atoms with Crippen molar-refractivity contribution in [2.45, 2.75) is 6.54 Å². The second kappa shape index (κ2) is 6.18. The topological polar surface area (TPSA) is 154 Å². The molecule has 2 rings (SSSR count). The van der Waals surface area contributed by atoms with Crippen LogP contribution in [0.1, 0.15) is 5.56 Å². The van der Waals surface area contributed by atoms with Crippen LogP contribution in [0.3, 0.4) is 0 Å². The van der Waals surface area contributed by atoms with Gasteiger partial charge in [0, 0.05) is 17.7 Å². The number of rotatable bonds is 5. The Balaban J connectivity index is 1.93. The van der Waals surface area contributed by atoms with Crippen LogP contribution in [0.2, 0.25) is 0 Å². The van der Waals surface area contributed by atoms with Crippen LogP contribution in [-0.4, -0.2) is 37.3 Å². The molecule has 11 nitrogen and oxygen atoms in total. The smallest absolute Gasteiger partial charge is 0.270 e. The lowest BCUT2D eigenvalue weighted by molar-refractivity contribution is -0.384. The summed E-state index contributed by atoms with van der Waals surface area (Å²) in [5.74, 6) is -0.483. The summed E-state index contributed by atoms with van der Waals surface area (Å²) >= 11 is 0. The molecule has 21 heavy (non-hydrogen) atoms. The van der Waals surface area contributed by atoms with Gasteiger partial charge >= 0.3 is 0 Å². The van der Waals surface area contributed by atoms with E-state index in [0.29, 0.717) is 5.56 Å². The molecule has 0 saturated heterocycles. The number of carbonyl (C=O) groups is 1. The number of nitro groups is 1. The van der Waals surface area contributed by atoms with Crippen LogP contribution in [-0.2, 0) is 11.3 Å². The summed E-state index contributed by atoms with van der Waals surface area (Å²) in [6, 6.07) is 5.82. The maximum atomic E-state index is 11.5. The molecule has 108 valence electrons. The second-order valence-corrected chi connectivity index (χ2v) is 3.84. The Hall–Kier alpha value is -3.37. The van der Waals surface area contributed by atoms with Crippen LogP contribution in [0.15, 0.2) is 29.4 Å². The van der Waals surface area contributed by atoms with Crippen molar-refractivity contribution in [3.05, 3.63) is 39.9 Å². The Morgan fingerprint density at radius 3 is 3.05 bits per heavy atom. The predicted molar refractivity (Wildman–Crippen MR) is 71.1 cm³/mol. The lowest BCUT2D eigenvalue weighted by Crippen LogP contribution is -2.24. The monoisotopic (exact) mass is 290 g/mol. The number of anilines is 1. The third kappa shape index (κ3) is 3.79. The maximum absolute atomic E-state index is 11.5. The molecule has 11 heteroatoms. The molecule has 3 N–H and O–H groups in total. The Bertz CT molecular complexity index is 695. The van der Waals surface area contributed by atoms with E-state index in [1.54, 1.807) is 6.07 Å². The fourth-order valence-corrected chi connectivity index (χ4v) is 1.39. The number of non-ortho nitro benzene ring substituents is 1. The number of benzene rings is 1. The molecule has 0 aliphatic rings. The van der Waals surface area contributed by atoms with Crippen molar-refractivity contribution >= 4 is 23.8 Å². The number of hydrazone groups is 1. The first kappa shape index (κ1) is 14.0. The van der Waals surface area contributed by atoms with Gasteiger partial charge in [0.2, 0.25) is 5.95 Å². The molecule has 0 spiro atoms.